The van der Waals surface area contributed by atoms with E-state index in [0.717, 1.165) is 11.3 Å². The van der Waals surface area contributed by atoms with E-state index in [1.807, 2.05) is 43.3 Å². The topological polar surface area (TPSA) is 43.9 Å². The second kappa shape index (κ2) is 7.78. The Kier molecular flexibility index (Phi) is 5.44. The summed E-state index contributed by atoms with van der Waals surface area (Å²) >= 11 is 0. The van der Waals surface area contributed by atoms with E-state index in [4.69, 9.17) is 0 Å². The van der Waals surface area contributed by atoms with Gasteiger partial charge in [-0.2, -0.15) is 0 Å². The van der Waals surface area contributed by atoms with Crippen molar-refractivity contribution in [3.05, 3.63) is 59.9 Å². The molecule has 0 aliphatic carbocycles. The number of para-hydroxylation sites is 1. The Morgan fingerprint density at radius 1 is 1.11 bits per heavy atom. The van der Waals surface area contributed by atoms with Gasteiger partial charge in [0.25, 0.3) is 0 Å². The van der Waals surface area contributed by atoms with Crippen LogP contribution in [0.1, 0.15) is 12.0 Å². The summed E-state index contributed by atoms with van der Waals surface area (Å²) in [6.45, 7) is 0.680. The summed E-state index contributed by atoms with van der Waals surface area (Å²) < 4.78 is 14.0. The van der Waals surface area contributed by atoms with Crippen LogP contribution in [0.4, 0.5) is 15.8 Å². The minimum atomic E-state index is -0.455. The van der Waals surface area contributed by atoms with E-state index in [1.165, 1.54) is 11.0 Å². The lowest BCUT2D eigenvalue weighted by Crippen LogP contribution is -2.34. The Morgan fingerprint density at radius 2 is 1.78 bits per heavy atom. The Hall–Kier alpha value is -2.89. The lowest BCUT2D eigenvalue weighted by molar-refractivity contribution is -0.135. The lowest BCUT2D eigenvalue weighted by Gasteiger charge is -2.22. The Labute approximate surface area is 159 Å². The molecule has 3 rings (SSSR count). The SMILES string of the molecule is CN(Cc1ccc(N(C)C)cc1)C(=O)[C@H]1CC(=O)N(c2ccccc2F)C1. The van der Waals surface area contributed by atoms with Gasteiger partial charge in [-0.25, -0.2) is 4.39 Å². The zero-order valence-electron chi connectivity index (χ0n) is 15.9. The molecule has 0 radical (unpaired) electrons. The van der Waals surface area contributed by atoms with Gasteiger partial charge >= 0.3 is 0 Å². The van der Waals surface area contributed by atoms with Crippen molar-refractivity contribution in [2.24, 2.45) is 5.92 Å². The highest BCUT2D eigenvalue weighted by Crippen LogP contribution is 2.28. The Morgan fingerprint density at radius 3 is 2.41 bits per heavy atom. The third-order valence-electron chi connectivity index (χ3n) is 4.87. The van der Waals surface area contributed by atoms with E-state index in [9.17, 15) is 14.0 Å². The first-order valence-electron chi connectivity index (χ1n) is 8.93. The highest BCUT2D eigenvalue weighted by Gasteiger charge is 2.37. The highest BCUT2D eigenvalue weighted by molar-refractivity contribution is 6.00. The summed E-state index contributed by atoms with van der Waals surface area (Å²) in [6, 6.07) is 14.1. The van der Waals surface area contributed by atoms with Crippen molar-refractivity contribution in [3.8, 4) is 0 Å². The van der Waals surface area contributed by atoms with Crippen molar-refractivity contribution in [3.63, 3.8) is 0 Å². The molecule has 1 saturated heterocycles. The standard InChI is InChI=1S/C21H24FN3O2/c1-23(2)17-10-8-15(9-11-17)13-24(3)21(27)16-12-20(26)25(14-16)19-7-5-4-6-18(19)22/h4-11,16H,12-14H2,1-3H3/t16-/m0/s1. The lowest BCUT2D eigenvalue weighted by atomic mass is 10.1. The number of carbonyl (C=O) groups is 2. The molecule has 142 valence electrons. The Balaban J connectivity index is 1.65. The second-order valence-electron chi connectivity index (χ2n) is 7.11. The van der Waals surface area contributed by atoms with Crippen molar-refractivity contribution >= 4 is 23.2 Å². The number of hydrogen-bond donors (Lipinski definition) is 0. The average molecular weight is 369 g/mol. The van der Waals surface area contributed by atoms with Gasteiger partial charge in [-0.05, 0) is 29.8 Å². The van der Waals surface area contributed by atoms with Gasteiger partial charge in [0.2, 0.25) is 11.8 Å². The van der Waals surface area contributed by atoms with E-state index >= 15 is 0 Å². The summed E-state index contributed by atoms with van der Waals surface area (Å²) in [5, 5.41) is 0. The fraction of sp³-hybridized carbons (Fsp3) is 0.333. The van der Waals surface area contributed by atoms with Crippen LogP contribution in [0, 0.1) is 11.7 Å². The molecule has 27 heavy (non-hydrogen) atoms. The summed E-state index contributed by atoms with van der Waals surface area (Å²) in [5.41, 5.74) is 2.35. The quantitative estimate of drug-likeness (QED) is 0.814. The molecule has 1 heterocycles. The molecule has 1 atom stereocenters. The van der Waals surface area contributed by atoms with Gasteiger partial charge in [-0.1, -0.05) is 24.3 Å². The number of nitrogens with zero attached hydrogens (tertiary/aromatic N) is 3. The first kappa shape index (κ1) is 18.9. The molecule has 2 amide bonds. The van der Waals surface area contributed by atoms with Gasteiger partial charge in [-0.15, -0.1) is 0 Å². The number of rotatable bonds is 5. The number of benzene rings is 2. The fourth-order valence-electron chi connectivity index (χ4n) is 3.34. The van der Waals surface area contributed by atoms with Crippen molar-refractivity contribution < 1.29 is 14.0 Å². The third kappa shape index (κ3) is 4.10. The summed E-state index contributed by atoms with van der Waals surface area (Å²) in [4.78, 5) is 30.1. The van der Waals surface area contributed by atoms with Crippen LogP contribution in [0.5, 0.6) is 0 Å². The van der Waals surface area contributed by atoms with E-state index in [-0.39, 0.29) is 30.5 Å². The van der Waals surface area contributed by atoms with E-state index in [2.05, 4.69) is 0 Å². The largest absolute Gasteiger partial charge is 0.378 e. The molecule has 0 bridgehead atoms. The summed E-state index contributed by atoms with van der Waals surface area (Å²) in [5.74, 6) is -1.22. The van der Waals surface area contributed by atoms with E-state index < -0.39 is 11.7 Å². The molecule has 1 fully saturated rings. The minimum absolute atomic E-state index is 0.0983. The minimum Gasteiger partial charge on any atom is -0.378 e. The molecule has 0 spiro atoms. The first-order valence-corrected chi connectivity index (χ1v) is 8.93. The molecule has 0 N–H and O–H groups in total. The average Bonchev–Trinajstić information content (AvgIpc) is 3.03. The predicted molar refractivity (Wildman–Crippen MR) is 104 cm³/mol. The van der Waals surface area contributed by atoms with Crippen LogP contribution < -0.4 is 9.80 Å². The van der Waals surface area contributed by atoms with Crippen molar-refractivity contribution in [2.45, 2.75) is 13.0 Å². The smallest absolute Gasteiger partial charge is 0.228 e. The summed E-state index contributed by atoms with van der Waals surface area (Å²) in [7, 11) is 5.69. The number of carbonyl (C=O) groups excluding carboxylic acids is 2. The van der Waals surface area contributed by atoms with Gasteiger partial charge in [-0.3, -0.25) is 9.59 Å². The van der Waals surface area contributed by atoms with Crippen LogP contribution >= 0.6 is 0 Å². The number of amides is 2. The Bertz CT molecular complexity index is 836. The maximum Gasteiger partial charge on any atom is 0.228 e. The number of halogens is 1. The van der Waals surface area contributed by atoms with Crippen molar-refractivity contribution in [1.29, 1.82) is 0 Å². The van der Waals surface area contributed by atoms with Crippen molar-refractivity contribution in [2.75, 3.05) is 37.5 Å². The van der Waals surface area contributed by atoms with Gasteiger partial charge in [0.05, 0.1) is 11.6 Å². The molecule has 2 aromatic rings. The van der Waals surface area contributed by atoms with Crippen LogP contribution in [-0.2, 0) is 16.1 Å². The van der Waals surface area contributed by atoms with Gasteiger partial charge in [0, 0.05) is 46.3 Å². The maximum absolute atomic E-state index is 14.0. The predicted octanol–water partition coefficient (Wildman–Crippen LogP) is 2.90. The molecule has 0 aromatic heterocycles. The molecule has 1 aliphatic rings. The molecule has 1 aliphatic heterocycles. The normalized spacial score (nSPS) is 16.5. The van der Waals surface area contributed by atoms with Crippen LogP contribution in [0.25, 0.3) is 0 Å². The number of anilines is 2. The molecule has 0 saturated carbocycles. The van der Waals surface area contributed by atoms with Crippen LogP contribution in [0.15, 0.2) is 48.5 Å². The van der Waals surface area contributed by atoms with Crippen molar-refractivity contribution in [1.82, 2.24) is 4.90 Å². The maximum atomic E-state index is 14.0. The van der Waals surface area contributed by atoms with Gasteiger partial charge in [0.15, 0.2) is 0 Å². The van der Waals surface area contributed by atoms with Crippen LogP contribution in [0.2, 0.25) is 0 Å². The second-order valence-corrected chi connectivity index (χ2v) is 7.11. The number of hydrogen-bond acceptors (Lipinski definition) is 3. The van der Waals surface area contributed by atoms with Crippen LogP contribution in [-0.4, -0.2) is 44.4 Å². The van der Waals surface area contributed by atoms with E-state index in [0.29, 0.717) is 6.54 Å². The molecule has 5 nitrogen and oxygen atoms in total. The summed E-state index contributed by atoms with van der Waals surface area (Å²) in [6.07, 6.45) is 0.108. The van der Waals surface area contributed by atoms with Gasteiger partial charge < -0.3 is 14.7 Å². The van der Waals surface area contributed by atoms with Crippen LogP contribution in [0.3, 0.4) is 0 Å². The molecule has 2 aromatic carbocycles. The fourth-order valence-corrected chi connectivity index (χ4v) is 3.34. The van der Waals surface area contributed by atoms with Gasteiger partial charge in [0.1, 0.15) is 5.82 Å². The zero-order valence-corrected chi connectivity index (χ0v) is 15.9. The zero-order chi connectivity index (χ0) is 19.6. The first-order chi connectivity index (χ1) is 12.9. The van der Waals surface area contributed by atoms with E-state index in [1.54, 1.807) is 30.1 Å². The monoisotopic (exact) mass is 369 g/mol. The third-order valence-corrected chi connectivity index (χ3v) is 4.87. The molecule has 0 unspecified atom stereocenters. The molecular formula is C21H24FN3O2. The molecular weight excluding hydrogens is 345 g/mol. The molecule has 6 heteroatoms. The highest BCUT2D eigenvalue weighted by atomic mass is 19.1.